The molecule has 5 N–H and O–H groups in total. The lowest BCUT2D eigenvalue weighted by molar-refractivity contribution is 0.415. The maximum atomic E-state index is 5.82. The van der Waals surface area contributed by atoms with Gasteiger partial charge in [0.1, 0.15) is 11.6 Å². The Morgan fingerprint density at radius 1 is 1.10 bits per heavy atom. The number of anilines is 2. The van der Waals surface area contributed by atoms with Gasteiger partial charge in [-0.25, -0.2) is 0 Å². The summed E-state index contributed by atoms with van der Waals surface area (Å²) in [6, 6.07) is 13.4. The second-order valence-electron chi connectivity index (χ2n) is 4.68. The zero-order chi connectivity index (χ0) is 14.8. The molecule has 2 heterocycles. The Bertz CT molecular complexity index is 760. The second-order valence-corrected chi connectivity index (χ2v) is 4.68. The van der Waals surface area contributed by atoms with Crippen molar-refractivity contribution < 1.29 is 4.74 Å². The fourth-order valence-corrected chi connectivity index (χ4v) is 2.25. The van der Waals surface area contributed by atoms with Gasteiger partial charge in [-0.05, 0) is 30.3 Å². The Kier molecular flexibility index (Phi) is 3.23. The lowest BCUT2D eigenvalue weighted by Crippen LogP contribution is -1.91. The number of nitrogens with one attached hydrogen (secondary N) is 1. The minimum Gasteiger partial charge on any atom is -0.497 e. The van der Waals surface area contributed by atoms with E-state index >= 15 is 0 Å². The number of aromatic nitrogens is 2. The molecule has 3 rings (SSSR count). The van der Waals surface area contributed by atoms with Gasteiger partial charge in [0.15, 0.2) is 0 Å². The molecule has 5 nitrogen and oxygen atoms in total. The van der Waals surface area contributed by atoms with Crippen LogP contribution in [0.15, 0.2) is 48.7 Å². The SMILES string of the molecule is COc1cccc(-c2ncccc2-c2cc(N)c(N)[nH]2)c1. The first-order chi connectivity index (χ1) is 10.2. The van der Waals surface area contributed by atoms with Crippen LogP contribution in [0.2, 0.25) is 0 Å². The number of H-pyrrole nitrogens is 1. The highest BCUT2D eigenvalue weighted by Crippen LogP contribution is 2.33. The molecule has 0 saturated heterocycles. The highest BCUT2D eigenvalue weighted by atomic mass is 16.5. The van der Waals surface area contributed by atoms with Crippen molar-refractivity contribution in [2.75, 3.05) is 18.6 Å². The average Bonchev–Trinajstić information content (AvgIpc) is 2.87. The van der Waals surface area contributed by atoms with Crippen molar-refractivity contribution in [3.63, 3.8) is 0 Å². The minimum atomic E-state index is 0.463. The van der Waals surface area contributed by atoms with E-state index in [1.807, 2.05) is 42.5 Å². The van der Waals surface area contributed by atoms with Crippen molar-refractivity contribution in [1.82, 2.24) is 9.97 Å². The predicted molar refractivity (Wildman–Crippen MR) is 84.8 cm³/mol. The summed E-state index contributed by atoms with van der Waals surface area (Å²) >= 11 is 0. The molecule has 0 amide bonds. The number of nitrogens with two attached hydrogens (primary N) is 2. The first kappa shape index (κ1) is 13.1. The van der Waals surface area contributed by atoms with Crippen LogP contribution in [0.3, 0.4) is 0 Å². The van der Waals surface area contributed by atoms with E-state index < -0.39 is 0 Å². The molecule has 0 aliphatic rings. The topological polar surface area (TPSA) is 89.9 Å². The van der Waals surface area contributed by atoms with Gasteiger partial charge in [-0.15, -0.1) is 0 Å². The number of aromatic amines is 1. The molecule has 2 aromatic heterocycles. The van der Waals surface area contributed by atoms with Crippen LogP contribution in [0, 0.1) is 0 Å². The molecular weight excluding hydrogens is 264 g/mol. The van der Waals surface area contributed by atoms with Gasteiger partial charge in [0.25, 0.3) is 0 Å². The third-order valence-corrected chi connectivity index (χ3v) is 3.32. The Labute approximate surface area is 122 Å². The Morgan fingerprint density at radius 3 is 2.67 bits per heavy atom. The summed E-state index contributed by atoms with van der Waals surface area (Å²) in [5.74, 6) is 1.25. The van der Waals surface area contributed by atoms with Crippen LogP contribution in [0.25, 0.3) is 22.5 Å². The molecule has 0 bridgehead atoms. The van der Waals surface area contributed by atoms with Crippen LogP contribution in [0.1, 0.15) is 0 Å². The number of nitrogens with zero attached hydrogens (tertiary/aromatic N) is 1. The van der Waals surface area contributed by atoms with Gasteiger partial charge in [-0.2, -0.15) is 0 Å². The third-order valence-electron chi connectivity index (χ3n) is 3.32. The number of hydrogen-bond acceptors (Lipinski definition) is 4. The van der Waals surface area contributed by atoms with Gasteiger partial charge < -0.3 is 21.2 Å². The Morgan fingerprint density at radius 2 is 1.95 bits per heavy atom. The average molecular weight is 280 g/mol. The molecule has 0 saturated carbocycles. The molecule has 0 aliphatic heterocycles. The molecule has 5 heteroatoms. The van der Waals surface area contributed by atoms with Crippen molar-refractivity contribution in [2.24, 2.45) is 0 Å². The third kappa shape index (κ3) is 2.41. The number of benzene rings is 1. The van der Waals surface area contributed by atoms with E-state index in [0.717, 1.165) is 28.3 Å². The van der Waals surface area contributed by atoms with Crippen molar-refractivity contribution in [3.05, 3.63) is 48.7 Å². The van der Waals surface area contributed by atoms with E-state index in [2.05, 4.69) is 9.97 Å². The van der Waals surface area contributed by atoms with Crippen LogP contribution in [0.4, 0.5) is 11.5 Å². The lowest BCUT2D eigenvalue weighted by atomic mass is 10.0. The monoisotopic (exact) mass is 280 g/mol. The predicted octanol–water partition coefficient (Wildman–Crippen LogP) is 2.92. The quantitative estimate of drug-likeness (QED) is 0.688. The summed E-state index contributed by atoms with van der Waals surface area (Å²) in [6.45, 7) is 0. The normalized spacial score (nSPS) is 10.5. The first-order valence-corrected chi connectivity index (χ1v) is 6.53. The van der Waals surface area contributed by atoms with Crippen LogP contribution >= 0.6 is 0 Å². The van der Waals surface area contributed by atoms with Crippen LogP contribution in [0.5, 0.6) is 5.75 Å². The molecule has 0 fully saturated rings. The highest BCUT2D eigenvalue weighted by Gasteiger charge is 2.12. The molecule has 106 valence electrons. The molecule has 0 atom stereocenters. The number of rotatable bonds is 3. The van der Waals surface area contributed by atoms with Crippen molar-refractivity contribution in [2.45, 2.75) is 0 Å². The molecule has 21 heavy (non-hydrogen) atoms. The highest BCUT2D eigenvalue weighted by molar-refractivity contribution is 5.83. The van der Waals surface area contributed by atoms with Crippen LogP contribution in [-0.2, 0) is 0 Å². The Hall–Kier alpha value is -2.95. The van der Waals surface area contributed by atoms with Crippen LogP contribution < -0.4 is 16.2 Å². The summed E-state index contributed by atoms with van der Waals surface area (Å²) in [7, 11) is 1.64. The lowest BCUT2D eigenvalue weighted by Gasteiger charge is -2.08. The minimum absolute atomic E-state index is 0.463. The molecule has 0 unspecified atom stereocenters. The molecule has 0 radical (unpaired) electrons. The number of hydrogen-bond donors (Lipinski definition) is 3. The zero-order valence-electron chi connectivity index (χ0n) is 11.6. The largest absolute Gasteiger partial charge is 0.497 e. The van der Waals surface area contributed by atoms with Gasteiger partial charge in [-0.1, -0.05) is 12.1 Å². The molecule has 0 aliphatic carbocycles. The fraction of sp³-hybridized carbons (Fsp3) is 0.0625. The molecule has 3 aromatic rings. The van der Waals surface area contributed by atoms with Crippen LogP contribution in [-0.4, -0.2) is 17.1 Å². The summed E-state index contributed by atoms with van der Waals surface area (Å²) < 4.78 is 5.27. The van der Waals surface area contributed by atoms with Gasteiger partial charge in [-0.3, -0.25) is 4.98 Å². The first-order valence-electron chi connectivity index (χ1n) is 6.53. The van der Waals surface area contributed by atoms with E-state index in [0.29, 0.717) is 11.5 Å². The molecule has 0 spiro atoms. The summed E-state index contributed by atoms with van der Waals surface area (Å²) in [5.41, 5.74) is 15.7. The van der Waals surface area contributed by atoms with E-state index in [1.165, 1.54) is 0 Å². The number of pyridine rings is 1. The van der Waals surface area contributed by atoms with Gasteiger partial charge >= 0.3 is 0 Å². The molecule has 1 aromatic carbocycles. The van der Waals surface area contributed by atoms with Gasteiger partial charge in [0, 0.05) is 17.3 Å². The summed E-state index contributed by atoms with van der Waals surface area (Å²) in [5, 5.41) is 0. The molecular formula is C16H16N4O. The van der Waals surface area contributed by atoms with E-state index in [9.17, 15) is 0 Å². The maximum absolute atomic E-state index is 5.82. The van der Waals surface area contributed by atoms with E-state index in [1.54, 1.807) is 13.3 Å². The van der Waals surface area contributed by atoms with Crippen molar-refractivity contribution >= 4 is 11.5 Å². The fourth-order valence-electron chi connectivity index (χ4n) is 2.25. The Balaban J connectivity index is 2.15. The second kappa shape index (κ2) is 5.20. The number of nitrogen functional groups attached to an aromatic ring is 2. The van der Waals surface area contributed by atoms with E-state index in [4.69, 9.17) is 16.2 Å². The number of methoxy groups -OCH3 is 1. The maximum Gasteiger partial charge on any atom is 0.124 e. The van der Waals surface area contributed by atoms with Crippen molar-refractivity contribution in [1.29, 1.82) is 0 Å². The van der Waals surface area contributed by atoms with E-state index in [-0.39, 0.29) is 0 Å². The smallest absolute Gasteiger partial charge is 0.124 e. The van der Waals surface area contributed by atoms with Gasteiger partial charge in [0.05, 0.1) is 24.2 Å². The van der Waals surface area contributed by atoms with Crippen molar-refractivity contribution in [3.8, 4) is 28.3 Å². The number of ether oxygens (including phenoxy) is 1. The summed E-state index contributed by atoms with van der Waals surface area (Å²) in [4.78, 5) is 7.56. The standard InChI is InChI=1S/C16H16N4O/c1-21-11-5-2-4-10(8-11)15-12(6-3-7-19-15)14-9-13(17)16(18)20-14/h2-9,20H,17-18H2,1H3. The zero-order valence-corrected chi connectivity index (χ0v) is 11.6. The summed E-state index contributed by atoms with van der Waals surface area (Å²) in [6.07, 6.45) is 1.76. The van der Waals surface area contributed by atoms with Gasteiger partial charge in [0.2, 0.25) is 0 Å².